The smallest absolute Gasteiger partial charge is 0.243 e. The second kappa shape index (κ2) is 10.2. The molecule has 2 aromatic rings. The summed E-state index contributed by atoms with van der Waals surface area (Å²) in [5.74, 6) is 0.423. The summed E-state index contributed by atoms with van der Waals surface area (Å²) in [7, 11) is 0. The maximum atomic E-state index is 12.0. The van der Waals surface area contributed by atoms with Gasteiger partial charge in [0, 0.05) is 12.1 Å². The molecule has 0 bridgehead atoms. The van der Waals surface area contributed by atoms with Crippen LogP contribution in [0.25, 0.3) is 0 Å². The number of anilines is 1. The highest BCUT2D eigenvalue weighted by Gasteiger charge is 2.08. The lowest BCUT2D eigenvalue weighted by Gasteiger charge is -2.10. The van der Waals surface area contributed by atoms with Gasteiger partial charge in [0.15, 0.2) is 0 Å². The number of ether oxygens (including phenoxy) is 1. The van der Waals surface area contributed by atoms with Gasteiger partial charge in [-0.1, -0.05) is 37.3 Å². The molecule has 0 aliphatic carbocycles. The largest absolute Gasteiger partial charge is 0.494 e. The SMILES string of the molecule is CCc1ccccc1NC(=O)CNC(=O)CCCOc1cccc(C)c1. The molecule has 0 saturated heterocycles. The summed E-state index contributed by atoms with van der Waals surface area (Å²) >= 11 is 0. The van der Waals surface area contributed by atoms with Crippen molar-refractivity contribution in [2.24, 2.45) is 0 Å². The number of para-hydroxylation sites is 1. The minimum absolute atomic E-state index is 0.0321. The van der Waals surface area contributed by atoms with Crippen molar-refractivity contribution in [3.05, 3.63) is 59.7 Å². The van der Waals surface area contributed by atoms with Crippen LogP contribution in [0.5, 0.6) is 5.75 Å². The molecule has 5 heteroatoms. The highest BCUT2D eigenvalue weighted by atomic mass is 16.5. The number of rotatable bonds is 9. The Morgan fingerprint density at radius 2 is 1.85 bits per heavy atom. The van der Waals surface area contributed by atoms with Crippen LogP contribution in [0.15, 0.2) is 48.5 Å². The van der Waals surface area contributed by atoms with E-state index < -0.39 is 0 Å². The van der Waals surface area contributed by atoms with Gasteiger partial charge in [0.05, 0.1) is 13.2 Å². The van der Waals surface area contributed by atoms with Crippen LogP contribution in [0.4, 0.5) is 5.69 Å². The lowest BCUT2D eigenvalue weighted by Crippen LogP contribution is -2.33. The Morgan fingerprint density at radius 3 is 2.62 bits per heavy atom. The zero-order valence-electron chi connectivity index (χ0n) is 15.4. The third-order valence-corrected chi connectivity index (χ3v) is 3.92. The Kier molecular flexibility index (Phi) is 7.68. The van der Waals surface area contributed by atoms with Gasteiger partial charge >= 0.3 is 0 Å². The molecule has 2 N–H and O–H groups in total. The molecule has 0 radical (unpaired) electrons. The topological polar surface area (TPSA) is 67.4 Å². The van der Waals surface area contributed by atoms with Crippen molar-refractivity contribution in [1.29, 1.82) is 0 Å². The quantitative estimate of drug-likeness (QED) is 0.678. The van der Waals surface area contributed by atoms with Crippen LogP contribution in [-0.2, 0) is 16.0 Å². The Bertz CT molecular complexity index is 744. The molecule has 0 aromatic heterocycles. The maximum absolute atomic E-state index is 12.0. The third-order valence-electron chi connectivity index (χ3n) is 3.92. The molecular formula is C21H26N2O3. The van der Waals surface area contributed by atoms with Crippen LogP contribution in [0.1, 0.15) is 30.9 Å². The summed E-state index contributed by atoms with van der Waals surface area (Å²) in [5, 5.41) is 5.47. The molecule has 0 fully saturated rings. The van der Waals surface area contributed by atoms with Gasteiger partial charge < -0.3 is 15.4 Å². The Hall–Kier alpha value is -2.82. The van der Waals surface area contributed by atoms with Gasteiger partial charge in [-0.3, -0.25) is 9.59 Å². The molecule has 0 heterocycles. The zero-order valence-corrected chi connectivity index (χ0v) is 15.4. The van der Waals surface area contributed by atoms with E-state index >= 15 is 0 Å². The summed E-state index contributed by atoms with van der Waals surface area (Å²) in [5.41, 5.74) is 3.00. The van der Waals surface area contributed by atoms with Crippen molar-refractivity contribution >= 4 is 17.5 Å². The van der Waals surface area contributed by atoms with Crippen LogP contribution in [0, 0.1) is 6.92 Å². The van der Waals surface area contributed by atoms with Crippen LogP contribution in [0.2, 0.25) is 0 Å². The summed E-state index contributed by atoms with van der Waals surface area (Å²) in [4.78, 5) is 23.8. The van der Waals surface area contributed by atoms with E-state index in [9.17, 15) is 9.59 Å². The summed E-state index contributed by atoms with van der Waals surface area (Å²) in [6.45, 7) is 4.47. The number of amides is 2. The molecular weight excluding hydrogens is 328 g/mol. The van der Waals surface area contributed by atoms with Crippen molar-refractivity contribution in [3.63, 3.8) is 0 Å². The van der Waals surface area contributed by atoms with Crippen LogP contribution >= 0.6 is 0 Å². The lowest BCUT2D eigenvalue weighted by molar-refractivity contribution is -0.124. The average molecular weight is 354 g/mol. The molecule has 2 amide bonds. The average Bonchev–Trinajstić information content (AvgIpc) is 2.64. The molecule has 2 rings (SSSR count). The fraction of sp³-hybridized carbons (Fsp3) is 0.333. The van der Waals surface area contributed by atoms with E-state index in [1.54, 1.807) is 0 Å². The Labute approximate surface area is 154 Å². The second-order valence-electron chi connectivity index (χ2n) is 6.10. The number of aryl methyl sites for hydroxylation is 2. The van der Waals surface area contributed by atoms with Crippen molar-refractivity contribution in [2.75, 3.05) is 18.5 Å². The number of benzene rings is 2. The molecule has 2 aromatic carbocycles. The van der Waals surface area contributed by atoms with E-state index in [0.29, 0.717) is 19.4 Å². The molecule has 0 aliphatic rings. The summed E-state index contributed by atoms with van der Waals surface area (Å²) in [6.07, 6.45) is 1.76. The van der Waals surface area contributed by atoms with E-state index in [1.165, 1.54) is 0 Å². The van der Waals surface area contributed by atoms with Crippen molar-refractivity contribution < 1.29 is 14.3 Å². The molecule has 0 unspecified atom stereocenters. The van der Waals surface area contributed by atoms with Crippen molar-refractivity contribution in [1.82, 2.24) is 5.32 Å². The molecule has 0 saturated carbocycles. The normalized spacial score (nSPS) is 10.2. The van der Waals surface area contributed by atoms with E-state index in [-0.39, 0.29) is 18.4 Å². The first-order valence-corrected chi connectivity index (χ1v) is 8.92. The minimum Gasteiger partial charge on any atom is -0.494 e. The molecule has 0 atom stereocenters. The molecule has 0 spiro atoms. The minimum atomic E-state index is -0.227. The second-order valence-corrected chi connectivity index (χ2v) is 6.10. The Balaban J connectivity index is 1.64. The number of carbonyl (C=O) groups excluding carboxylic acids is 2. The maximum Gasteiger partial charge on any atom is 0.243 e. The predicted molar refractivity (Wildman–Crippen MR) is 103 cm³/mol. The first kappa shape index (κ1) is 19.5. The lowest BCUT2D eigenvalue weighted by atomic mass is 10.1. The first-order chi connectivity index (χ1) is 12.6. The van der Waals surface area contributed by atoms with E-state index in [1.807, 2.05) is 62.4 Å². The van der Waals surface area contributed by atoms with Gasteiger partial charge in [0.25, 0.3) is 0 Å². The molecule has 138 valence electrons. The van der Waals surface area contributed by atoms with Gasteiger partial charge in [0.2, 0.25) is 11.8 Å². The summed E-state index contributed by atoms with van der Waals surface area (Å²) < 4.78 is 5.61. The summed E-state index contributed by atoms with van der Waals surface area (Å²) in [6, 6.07) is 15.4. The van der Waals surface area contributed by atoms with E-state index in [2.05, 4.69) is 10.6 Å². The monoisotopic (exact) mass is 354 g/mol. The number of hydrogen-bond acceptors (Lipinski definition) is 3. The third kappa shape index (κ3) is 6.59. The van der Waals surface area contributed by atoms with Crippen LogP contribution in [-0.4, -0.2) is 25.0 Å². The standard InChI is InChI=1S/C21H26N2O3/c1-3-17-9-4-5-11-19(17)23-21(25)15-22-20(24)12-7-13-26-18-10-6-8-16(2)14-18/h4-6,8-11,14H,3,7,12-13,15H2,1-2H3,(H,22,24)(H,23,25). The van der Waals surface area contributed by atoms with Gasteiger partial charge in [-0.05, 0) is 49.1 Å². The van der Waals surface area contributed by atoms with Gasteiger partial charge in [-0.2, -0.15) is 0 Å². The molecule has 5 nitrogen and oxygen atoms in total. The number of nitrogens with one attached hydrogen (secondary N) is 2. The van der Waals surface area contributed by atoms with Crippen LogP contribution < -0.4 is 15.4 Å². The van der Waals surface area contributed by atoms with Crippen molar-refractivity contribution in [2.45, 2.75) is 33.1 Å². The van der Waals surface area contributed by atoms with Gasteiger partial charge in [-0.15, -0.1) is 0 Å². The Morgan fingerprint density at radius 1 is 1.04 bits per heavy atom. The van der Waals surface area contributed by atoms with Gasteiger partial charge in [0.1, 0.15) is 5.75 Å². The van der Waals surface area contributed by atoms with E-state index in [0.717, 1.165) is 29.0 Å². The molecule has 0 aliphatic heterocycles. The number of hydrogen-bond donors (Lipinski definition) is 2. The predicted octanol–water partition coefficient (Wildman–Crippen LogP) is 3.47. The fourth-order valence-electron chi connectivity index (χ4n) is 2.54. The molecule has 26 heavy (non-hydrogen) atoms. The van der Waals surface area contributed by atoms with Crippen molar-refractivity contribution in [3.8, 4) is 5.75 Å². The number of carbonyl (C=O) groups is 2. The highest BCUT2D eigenvalue weighted by molar-refractivity contribution is 5.95. The highest BCUT2D eigenvalue weighted by Crippen LogP contribution is 2.15. The van der Waals surface area contributed by atoms with E-state index in [4.69, 9.17) is 4.74 Å². The fourth-order valence-corrected chi connectivity index (χ4v) is 2.54. The zero-order chi connectivity index (χ0) is 18.8. The van der Waals surface area contributed by atoms with Gasteiger partial charge in [-0.25, -0.2) is 0 Å². The van der Waals surface area contributed by atoms with Crippen LogP contribution in [0.3, 0.4) is 0 Å². The first-order valence-electron chi connectivity index (χ1n) is 8.92.